The molecule has 0 aliphatic carbocycles. The Morgan fingerprint density at radius 3 is 2.43 bits per heavy atom. The minimum Gasteiger partial charge on any atom is -0.336 e. The van der Waals surface area contributed by atoms with Gasteiger partial charge in [-0.3, -0.25) is 4.79 Å². The molecule has 1 aromatic heterocycles. The molecule has 0 spiro atoms. The summed E-state index contributed by atoms with van der Waals surface area (Å²) in [6.45, 7) is 5.66. The number of amides is 1. The Labute approximate surface area is 122 Å². The van der Waals surface area contributed by atoms with Crippen LogP contribution in [-0.2, 0) is 0 Å². The summed E-state index contributed by atoms with van der Waals surface area (Å²) in [4.78, 5) is 14.4. The van der Waals surface area contributed by atoms with Gasteiger partial charge in [-0.25, -0.2) is 4.68 Å². The monoisotopic (exact) mass is 286 g/mol. The third kappa shape index (κ3) is 2.92. The molecule has 2 atom stereocenters. The van der Waals surface area contributed by atoms with Crippen molar-refractivity contribution in [1.29, 1.82) is 0 Å². The minimum atomic E-state index is 0.0680. The molecule has 0 saturated carbocycles. The number of benzene rings is 1. The van der Waals surface area contributed by atoms with Crippen LogP contribution in [0.3, 0.4) is 0 Å². The number of nitrogens with zero attached hydrogens (tertiary/aromatic N) is 5. The second-order valence-corrected chi connectivity index (χ2v) is 5.48. The van der Waals surface area contributed by atoms with Crippen molar-refractivity contribution in [2.75, 3.05) is 13.1 Å². The van der Waals surface area contributed by atoms with Gasteiger partial charge in [0.2, 0.25) is 0 Å². The molecule has 2 aromatic rings. The zero-order chi connectivity index (χ0) is 14.8. The average Bonchev–Trinajstić information content (AvgIpc) is 3.00. The van der Waals surface area contributed by atoms with Crippen LogP contribution in [0.15, 0.2) is 30.6 Å². The highest BCUT2D eigenvalue weighted by molar-refractivity contribution is 5.94. The molecule has 1 aliphatic rings. The van der Waals surface area contributed by atoms with Crippen LogP contribution in [0.1, 0.15) is 24.2 Å². The Bertz CT molecular complexity index is 599. The molecule has 7 nitrogen and oxygen atoms in total. The molecule has 1 aliphatic heterocycles. The predicted molar refractivity (Wildman–Crippen MR) is 77.1 cm³/mol. The largest absolute Gasteiger partial charge is 0.336 e. The summed E-state index contributed by atoms with van der Waals surface area (Å²) >= 11 is 0. The van der Waals surface area contributed by atoms with E-state index in [0.717, 1.165) is 18.8 Å². The van der Waals surface area contributed by atoms with Crippen LogP contribution in [0.25, 0.3) is 5.69 Å². The molecule has 2 heterocycles. The standard InChI is InChI=1S/C14H18N6O/c1-10-7-19(8-11(2)16-10)14(21)12-3-5-13(6-4-12)20-9-15-17-18-20/h3-6,9-11,16H,7-8H2,1-2H3/t10-,11-/m0/s1. The fourth-order valence-corrected chi connectivity index (χ4v) is 2.71. The van der Waals surface area contributed by atoms with Gasteiger partial charge in [0.05, 0.1) is 5.69 Å². The van der Waals surface area contributed by atoms with Crippen LogP contribution in [0.4, 0.5) is 0 Å². The van der Waals surface area contributed by atoms with Gasteiger partial charge in [0.25, 0.3) is 5.91 Å². The molecule has 1 amide bonds. The fraction of sp³-hybridized carbons (Fsp3) is 0.429. The Morgan fingerprint density at radius 1 is 1.19 bits per heavy atom. The lowest BCUT2D eigenvalue weighted by Gasteiger charge is -2.36. The van der Waals surface area contributed by atoms with Crippen molar-refractivity contribution < 1.29 is 4.79 Å². The topological polar surface area (TPSA) is 75.9 Å². The van der Waals surface area contributed by atoms with Gasteiger partial charge in [0.15, 0.2) is 0 Å². The third-order valence-corrected chi connectivity index (χ3v) is 3.57. The van der Waals surface area contributed by atoms with Gasteiger partial charge < -0.3 is 10.2 Å². The molecule has 110 valence electrons. The smallest absolute Gasteiger partial charge is 0.253 e. The van der Waals surface area contributed by atoms with Crippen LogP contribution >= 0.6 is 0 Å². The van der Waals surface area contributed by atoms with E-state index in [1.165, 1.54) is 6.33 Å². The number of hydrogen-bond acceptors (Lipinski definition) is 5. The molecule has 21 heavy (non-hydrogen) atoms. The van der Waals surface area contributed by atoms with E-state index < -0.39 is 0 Å². The average molecular weight is 286 g/mol. The number of tetrazole rings is 1. The van der Waals surface area contributed by atoms with Gasteiger partial charge in [0, 0.05) is 30.7 Å². The van der Waals surface area contributed by atoms with Gasteiger partial charge >= 0.3 is 0 Å². The number of nitrogens with one attached hydrogen (secondary N) is 1. The van der Waals surface area contributed by atoms with E-state index in [-0.39, 0.29) is 5.91 Å². The van der Waals surface area contributed by atoms with Crippen LogP contribution in [0.2, 0.25) is 0 Å². The highest BCUT2D eigenvalue weighted by atomic mass is 16.2. The van der Waals surface area contributed by atoms with Gasteiger partial charge in [-0.15, -0.1) is 5.10 Å². The Hall–Kier alpha value is -2.28. The zero-order valence-corrected chi connectivity index (χ0v) is 12.1. The van der Waals surface area contributed by atoms with Crippen molar-refractivity contribution in [2.45, 2.75) is 25.9 Å². The number of carbonyl (C=O) groups is 1. The summed E-state index contributed by atoms with van der Waals surface area (Å²) in [5, 5.41) is 14.4. The van der Waals surface area contributed by atoms with Gasteiger partial charge in [-0.1, -0.05) is 0 Å². The SMILES string of the molecule is C[C@H]1CN(C(=O)c2ccc(-n3cnnn3)cc2)C[C@H](C)N1. The van der Waals surface area contributed by atoms with Crippen molar-refractivity contribution in [1.82, 2.24) is 30.4 Å². The second-order valence-electron chi connectivity index (χ2n) is 5.48. The van der Waals surface area contributed by atoms with E-state index in [4.69, 9.17) is 0 Å². The van der Waals surface area contributed by atoms with E-state index in [9.17, 15) is 4.79 Å². The number of carbonyl (C=O) groups excluding carboxylic acids is 1. The maximum absolute atomic E-state index is 12.5. The second kappa shape index (κ2) is 5.61. The normalized spacial score (nSPS) is 22.3. The van der Waals surface area contributed by atoms with E-state index in [2.05, 4.69) is 34.7 Å². The molecule has 0 bridgehead atoms. The van der Waals surface area contributed by atoms with Crippen molar-refractivity contribution in [2.24, 2.45) is 0 Å². The lowest BCUT2D eigenvalue weighted by Crippen LogP contribution is -2.55. The Kier molecular flexibility index (Phi) is 3.66. The van der Waals surface area contributed by atoms with Crippen LogP contribution in [0, 0.1) is 0 Å². The van der Waals surface area contributed by atoms with E-state index in [1.54, 1.807) is 4.68 Å². The molecule has 1 saturated heterocycles. The van der Waals surface area contributed by atoms with E-state index in [0.29, 0.717) is 17.6 Å². The molecular weight excluding hydrogens is 268 g/mol. The lowest BCUT2D eigenvalue weighted by atomic mass is 10.1. The van der Waals surface area contributed by atoms with Gasteiger partial charge in [-0.05, 0) is 48.5 Å². The first-order valence-corrected chi connectivity index (χ1v) is 7.02. The number of hydrogen-bond donors (Lipinski definition) is 1. The summed E-state index contributed by atoms with van der Waals surface area (Å²) < 4.78 is 1.56. The van der Waals surface area contributed by atoms with Crippen molar-refractivity contribution >= 4 is 5.91 Å². The predicted octanol–water partition coefficient (Wildman–Crippen LogP) is 0.485. The van der Waals surface area contributed by atoms with Crippen molar-refractivity contribution in [3.8, 4) is 5.69 Å². The molecule has 0 unspecified atom stereocenters. The van der Waals surface area contributed by atoms with Gasteiger partial charge in [0.1, 0.15) is 6.33 Å². The number of rotatable bonds is 2. The maximum Gasteiger partial charge on any atom is 0.253 e. The molecule has 3 rings (SSSR count). The molecule has 1 N–H and O–H groups in total. The summed E-state index contributed by atoms with van der Waals surface area (Å²) in [7, 11) is 0. The Morgan fingerprint density at radius 2 is 1.86 bits per heavy atom. The summed E-state index contributed by atoms with van der Waals surface area (Å²) in [5.74, 6) is 0.0680. The first kappa shape index (κ1) is 13.7. The lowest BCUT2D eigenvalue weighted by molar-refractivity contribution is 0.0674. The van der Waals surface area contributed by atoms with Gasteiger partial charge in [-0.2, -0.15) is 0 Å². The quantitative estimate of drug-likeness (QED) is 0.869. The van der Waals surface area contributed by atoms with Crippen molar-refractivity contribution in [3.05, 3.63) is 36.2 Å². The van der Waals surface area contributed by atoms with E-state index in [1.807, 2.05) is 29.2 Å². The summed E-state index contributed by atoms with van der Waals surface area (Å²) in [6.07, 6.45) is 1.52. The molecule has 1 fully saturated rings. The molecular formula is C14H18N6O. The third-order valence-electron chi connectivity index (χ3n) is 3.57. The number of aromatic nitrogens is 4. The van der Waals surface area contributed by atoms with Crippen LogP contribution < -0.4 is 5.32 Å². The van der Waals surface area contributed by atoms with Crippen LogP contribution in [-0.4, -0.2) is 56.2 Å². The molecule has 7 heteroatoms. The first-order valence-electron chi connectivity index (χ1n) is 7.02. The summed E-state index contributed by atoms with van der Waals surface area (Å²) in [6, 6.07) is 7.96. The zero-order valence-electron chi connectivity index (χ0n) is 12.1. The molecule has 0 radical (unpaired) electrons. The molecule has 1 aromatic carbocycles. The summed E-state index contributed by atoms with van der Waals surface area (Å²) in [5.41, 5.74) is 1.52. The fourth-order valence-electron chi connectivity index (χ4n) is 2.71. The number of piperazine rings is 1. The van der Waals surface area contributed by atoms with Crippen molar-refractivity contribution in [3.63, 3.8) is 0 Å². The Balaban J connectivity index is 1.76. The maximum atomic E-state index is 12.5. The van der Waals surface area contributed by atoms with E-state index >= 15 is 0 Å². The highest BCUT2D eigenvalue weighted by Crippen LogP contribution is 2.13. The minimum absolute atomic E-state index is 0.0680. The highest BCUT2D eigenvalue weighted by Gasteiger charge is 2.25. The van der Waals surface area contributed by atoms with Crippen LogP contribution in [0.5, 0.6) is 0 Å². The first-order chi connectivity index (χ1) is 10.1.